The average Bonchev–Trinajstić information content (AvgIpc) is 3.24. The van der Waals surface area contributed by atoms with E-state index < -0.39 is 10.0 Å². The molecular weight excluding hydrogens is 422 g/mol. The van der Waals surface area contributed by atoms with Crippen molar-refractivity contribution in [2.75, 3.05) is 33.7 Å². The molecule has 6 nitrogen and oxygen atoms in total. The molecule has 1 amide bonds. The van der Waals surface area contributed by atoms with Crippen LogP contribution in [0.3, 0.4) is 0 Å². The molecule has 0 bridgehead atoms. The maximum Gasteiger partial charge on any atom is 0.251 e. The first-order chi connectivity index (χ1) is 14.2. The first kappa shape index (κ1) is 22.7. The molecule has 1 heterocycles. The fraction of sp³-hybridized carbons (Fsp3) is 0.409. The summed E-state index contributed by atoms with van der Waals surface area (Å²) in [4.78, 5) is 15.4. The van der Waals surface area contributed by atoms with E-state index in [2.05, 4.69) is 10.2 Å². The summed E-state index contributed by atoms with van der Waals surface area (Å²) in [5.41, 5.74) is 2.07. The van der Waals surface area contributed by atoms with Gasteiger partial charge in [0.25, 0.3) is 5.91 Å². The Morgan fingerprint density at radius 1 is 1.17 bits per heavy atom. The molecule has 0 radical (unpaired) electrons. The number of carbonyl (C=O) groups is 1. The topological polar surface area (TPSA) is 69.7 Å². The zero-order valence-electron chi connectivity index (χ0n) is 17.6. The van der Waals surface area contributed by atoms with Crippen molar-refractivity contribution in [1.29, 1.82) is 0 Å². The molecule has 1 N–H and O–H groups in total. The van der Waals surface area contributed by atoms with Crippen molar-refractivity contribution in [3.8, 4) is 0 Å². The van der Waals surface area contributed by atoms with Gasteiger partial charge in [-0.2, -0.15) is 0 Å². The van der Waals surface area contributed by atoms with Gasteiger partial charge in [-0.25, -0.2) is 12.7 Å². The summed E-state index contributed by atoms with van der Waals surface area (Å²) in [6, 6.07) is 12.3. The van der Waals surface area contributed by atoms with Crippen molar-refractivity contribution in [3.05, 3.63) is 64.2 Å². The first-order valence-electron chi connectivity index (χ1n) is 10.0. The summed E-state index contributed by atoms with van der Waals surface area (Å²) in [6.45, 7) is 4.11. The molecule has 0 aromatic heterocycles. The lowest BCUT2D eigenvalue weighted by Gasteiger charge is -2.29. The summed E-state index contributed by atoms with van der Waals surface area (Å²) in [6.07, 6.45) is 2.25. The maximum atomic E-state index is 13.0. The number of halogens is 1. The minimum atomic E-state index is -3.61. The quantitative estimate of drug-likeness (QED) is 0.702. The number of nitrogens with zero attached hydrogens (tertiary/aromatic N) is 2. The second kappa shape index (κ2) is 9.47. The second-order valence-electron chi connectivity index (χ2n) is 7.75. The third-order valence-electron chi connectivity index (χ3n) is 5.53. The number of carbonyl (C=O) groups excluding carboxylic acids is 1. The Morgan fingerprint density at radius 2 is 1.83 bits per heavy atom. The molecule has 1 atom stereocenters. The smallest absolute Gasteiger partial charge is 0.251 e. The number of likely N-dealkylation sites (tertiary alicyclic amines) is 1. The number of hydrogen-bond donors (Lipinski definition) is 1. The van der Waals surface area contributed by atoms with Crippen molar-refractivity contribution in [3.63, 3.8) is 0 Å². The van der Waals surface area contributed by atoms with Gasteiger partial charge >= 0.3 is 0 Å². The molecule has 1 saturated heterocycles. The van der Waals surface area contributed by atoms with Crippen molar-refractivity contribution in [2.24, 2.45) is 0 Å². The highest BCUT2D eigenvalue weighted by Crippen LogP contribution is 2.30. The standard InChI is InChI=1S/C22H28ClN3O3S/c1-16-10-11-17(30(28,29)25(2)3)14-19(16)22(27)24-15-21(26-12-6-7-13-26)18-8-4-5-9-20(18)23/h4-5,8-11,14,21H,6-7,12-13,15H2,1-3H3,(H,24,27)/t21-/m1/s1. The van der Waals surface area contributed by atoms with E-state index in [4.69, 9.17) is 11.6 Å². The normalized spacial score (nSPS) is 16.0. The SMILES string of the molecule is Cc1ccc(S(=O)(=O)N(C)C)cc1C(=O)NC[C@H](c1ccccc1Cl)N1CCCC1. The first-order valence-corrected chi connectivity index (χ1v) is 11.8. The Kier molecular flexibility index (Phi) is 7.18. The summed E-state index contributed by atoms with van der Waals surface area (Å²) in [5, 5.41) is 3.68. The van der Waals surface area contributed by atoms with E-state index in [0.29, 0.717) is 17.1 Å². The van der Waals surface area contributed by atoms with Gasteiger partial charge < -0.3 is 5.32 Å². The number of aryl methyl sites for hydroxylation is 1. The van der Waals surface area contributed by atoms with Crippen LogP contribution in [0.1, 0.15) is 40.4 Å². The number of sulfonamides is 1. The molecule has 2 aromatic carbocycles. The molecule has 30 heavy (non-hydrogen) atoms. The monoisotopic (exact) mass is 449 g/mol. The number of hydrogen-bond acceptors (Lipinski definition) is 4. The Balaban J connectivity index is 1.83. The van der Waals surface area contributed by atoms with E-state index in [1.807, 2.05) is 24.3 Å². The average molecular weight is 450 g/mol. The lowest BCUT2D eigenvalue weighted by Crippen LogP contribution is -2.37. The highest BCUT2D eigenvalue weighted by molar-refractivity contribution is 7.89. The van der Waals surface area contributed by atoms with Crippen LogP contribution in [0.15, 0.2) is 47.4 Å². The zero-order chi connectivity index (χ0) is 21.9. The van der Waals surface area contributed by atoms with Gasteiger partial charge in [0.2, 0.25) is 10.0 Å². The van der Waals surface area contributed by atoms with Crippen LogP contribution >= 0.6 is 11.6 Å². The molecule has 1 aliphatic heterocycles. The Bertz CT molecular complexity index is 1020. The minimum Gasteiger partial charge on any atom is -0.350 e. The van der Waals surface area contributed by atoms with Gasteiger partial charge in [0.15, 0.2) is 0 Å². The highest BCUT2D eigenvalue weighted by Gasteiger charge is 2.26. The number of amides is 1. The third kappa shape index (κ3) is 4.86. The molecular formula is C22H28ClN3O3S. The van der Waals surface area contributed by atoms with E-state index in [9.17, 15) is 13.2 Å². The molecule has 3 rings (SSSR count). The fourth-order valence-electron chi connectivity index (χ4n) is 3.74. The van der Waals surface area contributed by atoms with Gasteiger partial charge in [-0.15, -0.1) is 0 Å². The summed E-state index contributed by atoms with van der Waals surface area (Å²) >= 11 is 6.44. The van der Waals surface area contributed by atoms with Crippen LogP contribution in [0.4, 0.5) is 0 Å². The van der Waals surface area contributed by atoms with Gasteiger partial charge in [0.05, 0.1) is 10.9 Å². The van der Waals surface area contributed by atoms with Gasteiger partial charge in [-0.1, -0.05) is 35.9 Å². The summed E-state index contributed by atoms with van der Waals surface area (Å²) in [5.74, 6) is -0.292. The van der Waals surface area contributed by atoms with Crippen LogP contribution in [0.2, 0.25) is 5.02 Å². The molecule has 1 fully saturated rings. The van der Waals surface area contributed by atoms with Crippen LogP contribution < -0.4 is 5.32 Å². The van der Waals surface area contributed by atoms with E-state index in [1.165, 1.54) is 26.2 Å². The van der Waals surface area contributed by atoms with E-state index in [-0.39, 0.29) is 16.8 Å². The van der Waals surface area contributed by atoms with Crippen LogP contribution in [-0.2, 0) is 10.0 Å². The van der Waals surface area contributed by atoms with Gasteiger partial charge in [-0.3, -0.25) is 9.69 Å². The number of benzene rings is 2. The summed E-state index contributed by atoms with van der Waals surface area (Å²) < 4.78 is 26.0. The van der Waals surface area contributed by atoms with E-state index in [1.54, 1.807) is 13.0 Å². The molecule has 1 aliphatic rings. The van der Waals surface area contributed by atoms with Gasteiger partial charge in [0.1, 0.15) is 0 Å². The molecule has 8 heteroatoms. The zero-order valence-corrected chi connectivity index (χ0v) is 19.1. The van der Waals surface area contributed by atoms with E-state index in [0.717, 1.165) is 41.4 Å². The highest BCUT2D eigenvalue weighted by atomic mass is 35.5. The Labute approximate surface area is 183 Å². The lowest BCUT2D eigenvalue weighted by atomic mass is 10.0. The number of rotatable bonds is 7. The third-order valence-corrected chi connectivity index (χ3v) is 7.69. The number of nitrogens with one attached hydrogen (secondary N) is 1. The molecule has 0 aliphatic carbocycles. The van der Waals surface area contributed by atoms with Crippen molar-refractivity contribution in [2.45, 2.75) is 30.7 Å². The fourth-order valence-corrected chi connectivity index (χ4v) is 4.93. The van der Waals surface area contributed by atoms with Gasteiger partial charge in [0, 0.05) is 31.2 Å². The lowest BCUT2D eigenvalue weighted by molar-refractivity contribution is 0.0937. The van der Waals surface area contributed by atoms with E-state index >= 15 is 0 Å². The summed E-state index contributed by atoms with van der Waals surface area (Å²) in [7, 11) is -0.672. The largest absolute Gasteiger partial charge is 0.350 e. The molecule has 0 unspecified atom stereocenters. The molecule has 2 aromatic rings. The van der Waals surface area contributed by atoms with Crippen LogP contribution in [0.25, 0.3) is 0 Å². The van der Waals surface area contributed by atoms with Crippen molar-refractivity contribution >= 4 is 27.5 Å². The van der Waals surface area contributed by atoms with Crippen LogP contribution in [0, 0.1) is 6.92 Å². The van der Waals surface area contributed by atoms with Crippen molar-refractivity contribution in [1.82, 2.24) is 14.5 Å². The van der Waals surface area contributed by atoms with Gasteiger partial charge in [-0.05, 0) is 62.2 Å². The van der Waals surface area contributed by atoms with Crippen LogP contribution in [0.5, 0.6) is 0 Å². The molecule has 162 valence electrons. The Morgan fingerprint density at radius 3 is 2.47 bits per heavy atom. The predicted molar refractivity (Wildman–Crippen MR) is 119 cm³/mol. The predicted octanol–water partition coefficient (Wildman–Crippen LogP) is 3.47. The van der Waals surface area contributed by atoms with Crippen molar-refractivity contribution < 1.29 is 13.2 Å². The second-order valence-corrected chi connectivity index (χ2v) is 10.3. The maximum absolute atomic E-state index is 13.0. The Hall–Kier alpha value is -1.93. The molecule has 0 saturated carbocycles. The minimum absolute atomic E-state index is 0.0286. The van der Waals surface area contributed by atoms with Crippen LogP contribution in [-0.4, -0.2) is 57.3 Å². The molecule has 0 spiro atoms.